The number of rotatable bonds is 5. The van der Waals surface area contributed by atoms with Crippen LogP contribution in [0.3, 0.4) is 0 Å². The maximum Gasteiger partial charge on any atom is 0.123 e. The Bertz CT molecular complexity index is 4130. The molecular formula is C64H36FN. The standard InChI is InChI=1S/C64H36FN/c65-47-23-25-48(26-24-47)66-57-35-33-51(39-11-7-37(8-12-39)49-27-19-45-17-15-41-3-1-5-43-21-29-53(49)61(45)59(41)43)55-31-32-56-52(34-36-58(66)64(56)63(55)57)40-13-9-38(10-14-40)50-28-20-46-18-16-42-4-2-6-44-22-30-54(50)62(46)60(42)44/h1-36H. The van der Waals surface area contributed by atoms with Gasteiger partial charge < -0.3 is 4.57 Å². The van der Waals surface area contributed by atoms with Crippen LogP contribution in [0.15, 0.2) is 218 Å². The molecule has 0 bridgehead atoms. The molecule has 0 saturated carbocycles. The second kappa shape index (κ2) is 13.2. The zero-order valence-electron chi connectivity index (χ0n) is 35.6. The molecule has 0 N–H and O–H groups in total. The minimum Gasteiger partial charge on any atom is -0.309 e. The lowest BCUT2D eigenvalue weighted by Gasteiger charge is -2.15. The van der Waals surface area contributed by atoms with E-state index < -0.39 is 0 Å². The van der Waals surface area contributed by atoms with Gasteiger partial charge in [-0.05, 0) is 156 Å². The molecule has 1 aromatic heterocycles. The van der Waals surface area contributed by atoms with Gasteiger partial charge in [0.2, 0.25) is 0 Å². The number of nitrogens with zero attached hydrogens (tertiary/aromatic N) is 1. The number of aromatic nitrogens is 1. The lowest BCUT2D eigenvalue weighted by Crippen LogP contribution is -1.94. The summed E-state index contributed by atoms with van der Waals surface area (Å²) >= 11 is 0. The summed E-state index contributed by atoms with van der Waals surface area (Å²) in [5, 5.41) is 20.4. The van der Waals surface area contributed by atoms with Crippen molar-refractivity contribution in [3.8, 4) is 50.2 Å². The third kappa shape index (κ3) is 4.93. The van der Waals surface area contributed by atoms with Crippen molar-refractivity contribution in [2.75, 3.05) is 0 Å². The summed E-state index contributed by atoms with van der Waals surface area (Å²) in [5.74, 6) is -0.243. The van der Waals surface area contributed by atoms with Crippen LogP contribution in [0, 0.1) is 5.82 Å². The van der Waals surface area contributed by atoms with E-state index in [9.17, 15) is 4.39 Å². The van der Waals surface area contributed by atoms with Crippen molar-refractivity contribution >= 4 is 97.2 Å². The molecule has 0 saturated heterocycles. The lowest BCUT2D eigenvalue weighted by atomic mass is 9.88. The van der Waals surface area contributed by atoms with E-state index in [1.165, 1.54) is 131 Å². The van der Waals surface area contributed by atoms with Crippen LogP contribution in [0.25, 0.3) is 147 Å². The Kier molecular flexibility index (Phi) is 7.18. The van der Waals surface area contributed by atoms with E-state index in [2.05, 4.69) is 199 Å². The highest BCUT2D eigenvalue weighted by Crippen LogP contribution is 2.47. The average Bonchev–Trinajstić information content (AvgIpc) is 3.72. The fraction of sp³-hybridized carbons (Fsp3) is 0. The highest BCUT2D eigenvalue weighted by Gasteiger charge is 2.22. The van der Waals surface area contributed by atoms with Gasteiger partial charge in [0.1, 0.15) is 5.82 Å². The molecule has 66 heavy (non-hydrogen) atoms. The zero-order chi connectivity index (χ0) is 43.2. The van der Waals surface area contributed by atoms with Gasteiger partial charge in [0.05, 0.1) is 11.0 Å². The predicted octanol–water partition coefficient (Wildman–Crippen LogP) is 18.0. The van der Waals surface area contributed by atoms with Crippen molar-refractivity contribution in [3.63, 3.8) is 0 Å². The van der Waals surface area contributed by atoms with Gasteiger partial charge in [-0.2, -0.15) is 0 Å². The monoisotopic (exact) mass is 837 g/mol. The first kappa shape index (κ1) is 35.8. The summed E-state index contributed by atoms with van der Waals surface area (Å²) in [5.41, 5.74) is 12.7. The molecular weight excluding hydrogens is 802 g/mol. The summed E-state index contributed by atoms with van der Waals surface area (Å²) in [4.78, 5) is 0. The van der Waals surface area contributed by atoms with Crippen LogP contribution in [-0.2, 0) is 0 Å². The Labute approximate surface area is 378 Å². The van der Waals surface area contributed by atoms with Crippen molar-refractivity contribution in [2.24, 2.45) is 0 Å². The van der Waals surface area contributed by atoms with Gasteiger partial charge in [-0.25, -0.2) is 4.39 Å². The molecule has 0 spiro atoms. The van der Waals surface area contributed by atoms with Crippen molar-refractivity contribution in [3.05, 3.63) is 224 Å². The highest BCUT2D eigenvalue weighted by atomic mass is 19.1. The second-order valence-electron chi connectivity index (χ2n) is 18.1. The number of hydrogen-bond donors (Lipinski definition) is 0. The zero-order valence-corrected chi connectivity index (χ0v) is 35.6. The Morgan fingerprint density at radius 1 is 0.242 bits per heavy atom. The predicted molar refractivity (Wildman–Crippen MR) is 279 cm³/mol. The van der Waals surface area contributed by atoms with Gasteiger partial charge >= 0.3 is 0 Å². The number of hydrogen-bond acceptors (Lipinski definition) is 0. The van der Waals surface area contributed by atoms with E-state index in [0.717, 1.165) is 16.7 Å². The Morgan fingerprint density at radius 2 is 0.545 bits per heavy atom. The molecule has 2 heteroatoms. The van der Waals surface area contributed by atoms with Gasteiger partial charge in [-0.1, -0.05) is 182 Å². The molecule has 0 unspecified atom stereocenters. The SMILES string of the molecule is Fc1ccc(-n2c3ccc(-c4ccc(-c5ccc6ccc7cccc8ccc5c6c78)cc4)c4ccc5c(-c6ccc(-c7ccc8ccc9cccc%10ccc7c8c9%10)cc6)ccc2c5c43)cc1. The topological polar surface area (TPSA) is 4.93 Å². The summed E-state index contributed by atoms with van der Waals surface area (Å²) < 4.78 is 16.7. The molecule has 14 aromatic carbocycles. The quantitative estimate of drug-likeness (QED) is 0.152. The lowest BCUT2D eigenvalue weighted by molar-refractivity contribution is 0.627. The smallest absolute Gasteiger partial charge is 0.123 e. The Balaban J connectivity index is 0.869. The first-order chi connectivity index (χ1) is 32.6. The van der Waals surface area contributed by atoms with E-state index in [-0.39, 0.29) is 5.82 Å². The van der Waals surface area contributed by atoms with Crippen LogP contribution in [0.5, 0.6) is 0 Å². The van der Waals surface area contributed by atoms with Crippen LogP contribution >= 0.6 is 0 Å². The molecule has 304 valence electrons. The van der Waals surface area contributed by atoms with Crippen molar-refractivity contribution in [2.45, 2.75) is 0 Å². The van der Waals surface area contributed by atoms with Crippen molar-refractivity contribution < 1.29 is 4.39 Å². The highest BCUT2D eigenvalue weighted by molar-refractivity contribution is 6.30. The van der Waals surface area contributed by atoms with E-state index in [1.54, 1.807) is 12.1 Å². The average molecular weight is 838 g/mol. The molecule has 15 aromatic rings. The van der Waals surface area contributed by atoms with Crippen molar-refractivity contribution in [1.29, 1.82) is 0 Å². The molecule has 0 amide bonds. The fourth-order valence-electron chi connectivity index (χ4n) is 11.8. The van der Waals surface area contributed by atoms with Crippen LogP contribution in [-0.4, -0.2) is 4.57 Å². The second-order valence-corrected chi connectivity index (χ2v) is 18.1. The number of halogens is 1. The molecule has 0 atom stereocenters. The molecule has 0 aliphatic rings. The van der Waals surface area contributed by atoms with E-state index in [0.29, 0.717) is 0 Å². The van der Waals surface area contributed by atoms with E-state index in [4.69, 9.17) is 0 Å². The number of benzene rings is 14. The minimum absolute atomic E-state index is 0.243. The molecule has 1 nitrogen and oxygen atoms in total. The maximum absolute atomic E-state index is 14.4. The summed E-state index contributed by atoms with van der Waals surface area (Å²) in [6.07, 6.45) is 0. The van der Waals surface area contributed by atoms with Gasteiger partial charge in [-0.15, -0.1) is 0 Å². The molecule has 0 radical (unpaired) electrons. The molecule has 15 rings (SSSR count). The van der Waals surface area contributed by atoms with Gasteiger partial charge in [-0.3, -0.25) is 0 Å². The van der Waals surface area contributed by atoms with Gasteiger partial charge in [0.25, 0.3) is 0 Å². The molecule has 0 aliphatic heterocycles. The first-order valence-corrected chi connectivity index (χ1v) is 22.8. The van der Waals surface area contributed by atoms with E-state index in [1.807, 2.05) is 12.1 Å². The largest absolute Gasteiger partial charge is 0.309 e. The maximum atomic E-state index is 14.4. The summed E-state index contributed by atoms with van der Waals surface area (Å²) in [6.45, 7) is 0. The molecule has 1 heterocycles. The summed E-state index contributed by atoms with van der Waals surface area (Å²) in [7, 11) is 0. The summed E-state index contributed by atoms with van der Waals surface area (Å²) in [6, 6.07) is 79.1. The van der Waals surface area contributed by atoms with Gasteiger partial charge in [0, 0.05) is 16.5 Å². The van der Waals surface area contributed by atoms with Gasteiger partial charge in [0.15, 0.2) is 0 Å². The third-order valence-corrected chi connectivity index (χ3v) is 14.8. The van der Waals surface area contributed by atoms with Crippen LogP contribution in [0.1, 0.15) is 0 Å². The fourth-order valence-corrected chi connectivity index (χ4v) is 11.8. The van der Waals surface area contributed by atoms with Crippen LogP contribution in [0.2, 0.25) is 0 Å². The Morgan fingerprint density at radius 3 is 0.939 bits per heavy atom. The first-order valence-electron chi connectivity index (χ1n) is 22.8. The minimum atomic E-state index is -0.243. The molecule has 0 aliphatic carbocycles. The third-order valence-electron chi connectivity index (χ3n) is 14.8. The van der Waals surface area contributed by atoms with Crippen LogP contribution in [0.4, 0.5) is 4.39 Å². The Hall–Kier alpha value is -8.59. The van der Waals surface area contributed by atoms with Crippen molar-refractivity contribution in [1.82, 2.24) is 4.57 Å². The molecule has 0 fully saturated rings. The van der Waals surface area contributed by atoms with E-state index >= 15 is 0 Å². The van der Waals surface area contributed by atoms with Crippen LogP contribution < -0.4 is 0 Å². The normalized spacial score (nSPS) is 12.3.